The molecule has 0 spiro atoms. The van der Waals surface area contributed by atoms with Crippen LogP contribution in [0, 0.1) is 0 Å². The molecule has 9 heteroatoms. The molecule has 164 valence electrons. The summed E-state index contributed by atoms with van der Waals surface area (Å²) < 4.78 is 11.2. The Morgan fingerprint density at radius 3 is 2.69 bits per heavy atom. The van der Waals surface area contributed by atoms with Gasteiger partial charge in [-0.05, 0) is 49.5 Å². The van der Waals surface area contributed by atoms with E-state index in [1.54, 1.807) is 48.4 Å². The molecule has 3 heterocycles. The molecule has 0 saturated carbocycles. The van der Waals surface area contributed by atoms with Crippen LogP contribution >= 0.6 is 12.2 Å². The molecule has 2 atom stereocenters. The minimum Gasteiger partial charge on any atom is -0.478 e. The smallest absolute Gasteiger partial charge is 0.336 e. The molecule has 1 aliphatic heterocycles. The summed E-state index contributed by atoms with van der Waals surface area (Å²) in [6.07, 6.45) is 1.68. The normalized spacial score (nSPS) is 17.8. The second-order valence-corrected chi connectivity index (χ2v) is 7.50. The lowest BCUT2D eigenvalue weighted by molar-refractivity contribution is -0.143. The number of aromatic carboxylic acids is 1. The van der Waals surface area contributed by atoms with Crippen LogP contribution in [0.15, 0.2) is 65.2 Å². The van der Waals surface area contributed by atoms with Crippen molar-refractivity contribution in [1.82, 2.24) is 15.2 Å². The van der Waals surface area contributed by atoms with Gasteiger partial charge < -0.3 is 24.5 Å². The van der Waals surface area contributed by atoms with Gasteiger partial charge in [-0.1, -0.05) is 24.3 Å². The molecule has 8 nitrogen and oxygen atoms in total. The van der Waals surface area contributed by atoms with E-state index in [4.69, 9.17) is 21.4 Å². The highest BCUT2D eigenvalue weighted by molar-refractivity contribution is 7.80. The molecule has 2 aromatic heterocycles. The molecule has 0 bridgehead atoms. The van der Waals surface area contributed by atoms with Gasteiger partial charge in [0.05, 0.1) is 23.9 Å². The van der Waals surface area contributed by atoms with Crippen molar-refractivity contribution in [1.29, 1.82) is 0 Å². The Morgan fingerprint density at radius 2 is 1.97 bits per heavy atom. The Balaban J connectivity index is 1.74. The first-order valence-electron chi connectivity index (χ1n) is 10.1. The number of carboxylic acids is 1. The first-order chi connectivity index (χ1) is 15.5. The second-order valence-electron chi connectivity index (χ2n) is 7.11. The summed E-state index contributed by atoms with van der Waals surface area (Å²) in [6, 6.07) is 14.8. The molecule has 2 N–H and O–H groups in total. The zero-order valence-corrected chi connectivity index (χ0v) is 18.0. The van der Waals surface area contributed by atoms with E-state index in [1.165, 1.54) is 6.07 Å². The van der Waals surface area contributed by atoms with Gasteiger partial charge in [-0.2, -0.15) is 0 Å². The lowest BCUT2D eigenvalue weighted by atomic mass is 10.0. The molecule has 1 saturated heterocycles. The minimum atomic E-state index is -1.04. The number of benzene rings is 1. The number of nitrogens with one attached hydrogen (secondary N) is 1. The molecule has 0 aliphatic carbocycles. The summed E-state index contributed by atoms with van der Waals surface area (Å²) in [7, 11) is 0. The number of thiocarbonyl (C=S) groups is 1. The number of ether oxygens (including phenoxy) is 1. The van der Waals surface area contributed by atoms with Gasteiger partial charge in [0.2, 0.25) is 0 Å². The molecular formula is C23H21N3O5S. The van der Waals surface area contributed by atoms with Crippen LogP contribution in [0.4, 0.5) is 0 Å². The highest BCUT2D eigenvalue weighted by Crippen LogP contribution is 2.40. The predicted molar refractivity (Wildman–Crippen MR) is 120 cm³/mol. The van der Waals surface area contributed by atoms with Crippen LogP contribution in [-0.2, 0) is 9.53 Å². The summed E-state index contributed by atoms with van der Waals surface area (Å²) >= 11 is 5.51. The first kappa shape index (κ1) is 21.5. The van der Waals surface area contributed by atoms with E-state index >= 15 is 0 Å². The lowest BCUT2D eigenvalue weighted by Gasteiger charge is -2.25. The summed E-state index contributed by atoms with van der Waals surface area (Å²) in [5.41, 5.74) is 1.33. The zero-order chi connectivity index (χ0) is 22.7. The Labute approximate surface area is 189 Å². The van der Waals surface area contributed by atoms with E-state index in [1.807, 2.05) is 18.2 Å². The van der Waals surface area contributed by atoms with Gasteiger partial charge in [0.25, 0.3) is 0 Å². The topological polar surface area (TPSA) is 105 Å². The monoisotopic (exact) mass is 451 g/mol. The van der Waals surface area contributed by atoms with Gasteiger partial charge in [-0.15, -0.1) is 0 Å². The fraction of sp³-hybridized carbons (Fsp3) is 0.217. The SMILES string of the molecule is CCOC(=O)CN1C(=S)N[C@@H](c2ccccn2)[C@@H]1c1ccc(-c2ccccc2C(=O)O)o1. The number of hydrogen-bond acceptors (Lipinski definition) is 6. The Kier molecular flexibility index (Phi) is 6.18. The number of pyridine rings is 1. The van der Waals surface area contributed by atoms with Crippen molar-refractivity contribution in [2.45, 2.75) is 19.0 Å². The molecule has 4 rings (SSSR count). The standard InChI is InChI=1S/C23H21N3O5S/c1-2-30-19(27)13-26-21(20(25-23(26)32)16-9-5-6-12-24-16)18-11-10-17(31-18)14-7-3-4-8-15(14)22(28)29/h3-12,20-21H,2,13H2,1H3,(H,25,32)(H,28,29)/t20-,21-/m0/s1. The number of rotatable bonds is 7. The maximum absolute atomic E-state index is 12.2. The predicted octanol–water partition coefficient (Wildman–Crippen LogP) is 3.58. The highest BCUT2D eigenvalue weighted by Gasteiger charge is 2.42. The third kappa shape index (κ3) is 4.19. The van der Waals surface area contributed by atoms with Crippen molar-refractivity contribution in [3.63, 3.8) is 0 Å². The molecule has 32 heavy (non-hydrogen) atoms. The summed E-state index contributed by atoms with van der Waals surface area (Å²) in [5, 5.41) is 13.1. The third-order valence-corrected chi connectivity index (χ3v) is 5.50. The quantitative estimate of drug-likeness (QED) is 0.412. The van der Waals surface area contributed by atoms with Crippen molar-refractivity contribution in [3.8, 4) is 11.3 Å². The Hall–Kier alpha value is -3.72. The van der Waals surface area contributed by atoms with Crippen molar-refractivity contribution < 1.29 is 23.8 Å². The third-order valence-electron chi connectivity index (χ3n) is 5.14. The molecule has 3 aromatic rings. The average molecular weight is 452 g/mol. The van der Waals surface area contributed by atoms with E-state index in [-0.39, 0.29) is 24.8 Å². The van der Waals surface area contributed by atoms with Crippen molar-refractivity contribution in [2.24, 2.45) is 0 Å². The lowest BCUT2D eigenvalue weighted by Crippen LogP contribution is -2.35. The molecule has 0 radical (unpaired) electrons. The number of esters is 1. The number of carbonyl (C=O) groups is 2. The number of carboxylic acid groups (broad SMARTS) is 1. The molecule has 0 unspecified atom stereocenters. The number of hydrogen-bond donors (Lipinski definition) is 2. The zero-order valence-electron chi connectivity index (χ0n) is 17.2. The van der Waals surface area contributed by atoms with Crippen molar-refractivity contribution in [3.05, 3.63) is 77.8 Å². The average Bonchev–Trinajstić information content (AvgIpc) is 3.39. The van der Waals surface area contributed by atoms with E-state index in [0.29, 0.717) is 22.2 Å². The fourth-order valence-electron chi connectivity index (χ4n) is 3.77. The minimum absolute atomic E-state index is 0.0601. The molecular weight excluding hydrogens is 430 g/mol. The maximum Gasteiger partial charge on any atom is 0.336 e. The van der Waals surface area contributed by atoms with Crippen LogP contribution in [0.2, 0.25) is 0 Å². The van der Waals surface area contributed by atoms with Gasteiger partial charge >= 0.3 is 11.9 Å². The van der Waals surface area contributed by atoms with Gasteiger partial charge in [-0.3, -0.25) is 9.78 Å². The van der Waals surface area contributed by atoms with E-state index < -0.39 is 18.0 Å². The van der Waals surface area contributed by atoms with Crippen LogP contribution in [0.5, 0.6) is 0 Å². The largest absolute Gasteiger partial charge is 0.478 e. The van der Waals surface area contributed by atoms with Crippen LogP contribution < -0.4 is 5.32 Å². The van der Waals surface area contributed by atoms with Crippen LogP contribution in [0.3, 0.4) is 0 Å². The first-order valence-corrected chi connectivity index (χ1v) is 10.5. The van der Waals surface area contributed by atoms with Crippen molar-refractivity contribution >= 4 is 29.3 Å². The number of furan rings is 1. The Morgan fingerprint density at radius 1 is 1.19 bits per heavy atom. The molecule has 1 fully saturated rings. The highest BCUT2D eigenvalue weighted by atomic mass is 32.1. The van der Waals surface area contributed by atoms with Gasteiger partial charge in [0.1, 0.15) is 24.1 Å². The Bertz CT molecular complexity index is 1150. The van der Waals surface area contributed by atoms with Gasteiger partial charge in [0.15, 0.2) is 5.11 Å². The van der Waals surface area contributed by atoms with Crippen LogP contribution in [-0.4, -0.2) is 45.2 Å². The summed E-state index contributed by atoms with van der Waals surface area (Å²) in [5.74, 6) is -0.525. The van der Waals surface area contributed by atoms with E-state index in [0.717, 1.165) is 5.69 Å². The van der Waals surface area contributed by atoms with Gasteiger partial charge in [-0.25, -0.2) is 4.79 Å². The fourth-order valence-corrected chi connectivity index (χ4v) is 4.08. The summed E-state index contributed by atoms with van der Waals surface area (Å²) in [4.78, 5) is 30.0. The summed E-state index contributed by atoms with van der Waals surface area (Å²) in [6.45, 7) is 1.94. The van der Waals surface area contributed by atoms with E-state index in [9.17, 15) is 14.7 Å². The van der Waals surface area contributed by atoms with Crippen molar-refractivity contribution in [2.75, 3.05) is 13.2 Å². The molecule has 1 aromatic carbocycles. The van der Waals surface area contributed by atoms with Crippen LogP contribution in [0.1, 0.15) is 40.8 Å². The van der Waals surface area contributed by atoms with Crippen LogP contribution in [0.25, 0.3) is 11.3 Å². The van der Waals surface area contributed by atoms with Gasteiger partial charge in [0, 0.05) is 11.8 Å². The second kappa shape index (κ2) is 9.19. The molecule has 1 aliphatic rings. The number of nitrogens with zero attached hydrogens (tertiary/aromatic N) is 2. The number of aromatic nitrogens is 1. The number of carbonyl (C=O) groups excluding carboxylic acids is 1. The molecule has 0 amide bonds. The maximum atomic E-state index is 12.2. The van der Waals surface area contributed by atoms with E-state index in [2.05, 4.69) is 10.3 Å².